The van der Waals surface area contributed by atoms with E-state index < -0.39 is 0 Å². The van der Waals surface area contributed by atoms with Gasteiger partial charge in [-0.3, -0.25) is 9.59 Å². The molecule has 0 radical (unpaired) electrons. The van der Waals surface area contributed by atoms with Gasteiger partial charge in [-0.25, -0.2) is 0 Å². The first kappa shape index (κ1) is 15.3. The number of hydrogen-bond donors (Lipinski definition) is 1. The van der Waals surface area contributed by atoms with Crippen LogP contribution in [0.1, 0.15) is 27.7 Å². The minimum Gasteiger partial charge on any atom is -0.347 e. The molecule has 0 aromatic rings. The van der Waals surface area contributed by atoms with Gasteiger partial charge >= 0.3 is 0 Å². The molecule has 2 aliphatic rings. The predicted octanol–water partition coefficient (Wildman–Crippen LogP) is 0.557. The topological polar surface area (TPSA) is 52.7 Å². The first-order valence-electron chi connectivity index (χ1n) is 7.34. The molecular formula is C15H27N3O2. The summed E-state index contributed by atoms with van der Waals surface area (Å²) in [7, 11) is 3.48. The molecule has 1 saturated carbocycles. The second-order valence-electron chi connectivity index (χ2n) is 7.36. The zero-order valence-corrected chi connectivity index (χ0v) is 13.5. The monoisotopic (exact) mass is 281 g/mol. The molecule has 1 atom stereocenters. The molecule has 0 bridgehead atoms. The number of nitrogens with one attached hydrogen (secondary N) is 1. The fourth-order valence-electron chi connectivity index (χ4n) is 3.47. The lowest BCUT2D eigenvalue weighted by molar-refractivity contribution is -0.147. The predicted molar refractivity (Wildman–Crippen MR) is 78.1 cm³/mol. The lowest BCUT2D eigenvalue weighted by Gasteiger charge is -2.37. The molecule has 1 saturated heterocycles. The van der Waals surface area contributed by atoms with Gasteiger partial charge in [0.1, 0.15) is 6.04 Å². The van der Waals surface area contributed by atoms with Crippen LogP contribution in [0, 0.1) is 16.7 Å². The van der Waals surface area contributed by atoms with Crippen molar-refractivity contribution in [3.05, 3.63) is 0 Å². The second-order valence-corrected chi connectivity index (χ2v) is 7.36. The Morgan fingerprint density at radius 1 is 1.15 bits per heavy atom. The standard InChI is InChI=1S/C15H27N3O2/c1-14(2)11(15(14,3)4)13(20)18-8-7-16-9-10(18)12(19)17(5)6/h10-11,16H,7-9H2,1-6H3. The average molecular weight is 281 g/mol. The molecule has 0 aromatic heterocycles. The Bertz CT molecular complexity index is 415. The van der Waals surface area contributed by atoms with E-state index in [1.54, 1.807) is 23.9 Å². The van der Waals surface area contributed by atoms with Gasteiger partial charge in [-0.2, -0.15) is 0 Å². The molecule has 0 aromatic carbocycles. The first-order chi connectivity index (χ1) is 9.12. The molecular weight excluding hydrogens is 254 g/mol. The number of rotatable bonds is 2. The van der Waals surface area contributed by atoms with E-state index in [9.17, 15) is 9.59 Å². The van der Waals surface area contributed by atoms with E-state index in [1.807, 2.05) is 0 Å². The van der Waals surface area contributed by atoms with Crippen molar-refractivity contribution >= 4 is 11.8 Å². The van der Waals surface area contributed by atoms with Crippen molar-refractivity contribution in [3.63, 3.8) is 0 Å². The summed E-state index contributed by atoms with van der Waals surface area (Å²) >= 11 is 0. The molecule has 0 spiro atoms. The summed E-state index contributed by atoms with van der Waals surface area (Å²) in [6.45, 7) is 10.5. The lowest BCUT2D eigenvalue weighted by atomic mass is 10.0. The van der Waals surface area contributed by atoms with Crippen molar-refractivity contribution in [3.8, 4) is 0 Å². The molecule has 1 aliphatic carbocycles. The van der Waals surface area contributed by atoms with Crippen molar-refractivity contribution in [2.45, 2.75) is 33.7 Å². The molecule has 2 amide bonds. The highest BCUT2D eigenvalue weighted by Crippen LogP contribution is 2.68. The number of hydrogen-bond acceptors (Lipinski definition) is 3. The maximum Gasteiger partial charge on any atom is 0.246 e. The Balaban J connectivity index is 2.18. The van der Waals surface area contributed by atoms with Crippen molar-refractivity contribution in [2.24, 2.45) is 16.7 Å². The summed E-state index contributed by atoms with van der Waals surface area (Å²) in [5.41, 5.74) is 0.0291. The Morgan fingerprint density at radius 3 is 2.15 bits per heavy atom. The number of amides is 2. The summed E-state index contributed by atoms with van der Waals surface area (Å²) in [5.74, 6) is 0.161. The van der Waals surface area contributed by atoms with Crippen molar-refractivity contribution in [1.29, 1.82) is 0 Å². The zero-order chi connectivity index (χ0) is 15.3. The smallest absolute Gasteiger partial charge is 0.246 e. The third-order valence-corrected chi connectivity index (χ3v) is 5.52. The lowest BCUT2D eigenvalue weighted by Crippen LogP contribution is -2.60. The molecule has 114 valence electrons. The van der Waals surface area contributed by atoms with Gasteiger partial charge in [0, 0.05) is 39.6 Å². The normalized spacial score (nSPS) is 28.1. The van der Waals surface area contributed by atoms with Crippen LogP contribution in [0.25, 0.3) is 0 Å². The van der Waals surface area contributed by atoms with E-state index in [1.165, 1.54) is 0 Å². The Morgan fingerprint density at radius 2 is 1.70 bits per heavy atom. The van der Waals surface area contributed by atoms with E-state index in [4.69, 9.17) is 0 Å². The van der Waals surface area contributed by atoms with Gasteiger partial charge in [-0.05, 0) is 10.8 Å². The summed E-state index contributed by atoms with van der Waals surface area (Å²) in [6.07, 6.45) is 0. The number of nitrogens with zero attached hydrogens (tertiary/aromatic N) is 2. The number of likely N-dealkylation sites (N-methyl/N-ethyl adjacent to an activating group) is 1. The van der Waals surface area contributed by atoms with Crippen LogP contribution < -0.4 is 5.32 Å². The van der Waals surface area contributed by atoms with E-state index in [-0.39, 0.29) is 34.6 Å². The maximum atomic E-state index is 12.9. The summed E-state index contributed by atoms with van der Waals surface area (Å²) in [6, 6.07) is -0.363. The third kappa shape index (κ3) is 2.12. The minimum absolute atomic E-state index is 0.00168. The van der Waals surface area contributed by atoms with Gasteiger partial charge in [0.2, 0.25) is 11.8 Å². The Hall–Kier alpha value is -1.10. The largest absolute Gasteiger partial charge is 0.347 e. The Kier molecular flexibility index (Phi) is 3.61. The van der Waals surface area contributed by atoms with E-state index >= 15 is 0 Å². The highest BCUT2D eigenvalue weighted by molar-refractivity contribution is 5.91. The van der Waals surface area contributed by atoms with Gasteiger partial charge in [0.05, 0.1) is 0 Å². The van der Waals surface area contributed by atoms with E-state index in [2.05, 4.69) is 33.0 Å². The van der Waals surface area contributed by atoms with E-state index in [0.29, 0.717) is 13.1 Å². The van der Waals surface area contributed by atoms with Crippen LogP contribution in [0.3, 0.4) is 0 Å². The third-order valence-electron chi connectivity index (χ3n) is 5.52. The SMILES string of the molecule is CN(C)C(=O)C1CNCCN1C(=O)C1C(C)(C)C1(C)C. The number of carbonyl (C=O) groups excluding carboxylic acids is 2. The minimum atomic E-state index is -0.363. The molecule has 20 heavy (non-hydrogen) atoms. The fourth-order valence-corrected chi connectivity index (χ4v) is 3.47. The fraction of sp³-hybridized carbons (Fsp3) is 0.867. The zero-order valence-electron chi connectivity index (χ0n) is 13.5. The first-order valence-corrected chi connectivity index (χ1v) is 7.34. The van der Waals surface area contributed by atoms with Crippen LogP contribution in [-0.2, 0) is 9.59 Å². The molecule has 5 heteroatoms. The van der Waals surface area contributed by atoms with Crippen LogP contribution in [0.15, 0.2) is 0 Å². The highest BCUT2D eigenvalue weighted by atomic mass is 16.2. The van der Waals surface area contributed by atoms with Crippen LogP contribution >= 0.6 is 0 Å². The summed E-state index contributed by atoms with van der Waals surface area (Å²) < 4.78 is 0. The molecule has 5 nitrogen and oxygen atoms in total. The van der Waals surface area contributed by atoms with Crippen molar-refractivity contribution < 1.29 is 9.59 Å². The van der Waals surface area contributed by atoms with Crippen LogP contribution in [0.2, 0.25) is 0 Å². The summed E-state index contributed by atoms with van der Waals surface area (Å²) in [4.78, 5) is 28.5. The van der Waals surface area contributed by atoms with Gasteiger partial charge in [0.25, 0.3) is 0 Å². The molecule has 1 unspecified atom stereocenters. The second kappa shape index (κ2) is 4.72. The quantitative estimate of drug-likeness (QED) is 0.804. The summed E-state index contributed by atoms with van der Waals surface area (Å²) in [5, 5.41) is 3.21. The Labute approximate surface area is 121 Å². The molecule has 1 heterocycles. The van der Waals surface area contributed by atoms with Gasteiger partial charge < -0.3 is 15.1 Å². The molecule has 1 N–H and O–H groups in total. The molecule has 2 rings (SSSR count). The van der Waals surface area contributed by atoms with Crippen LogP contribution in [-0.4, -0.2) is 61.4 Å². The number of carbonyl (C=O) groups is 2. The van der Waals surface area contributed by atoms with Gasteiger partial charge in [-0.15, -0.1) is 0 Å². The average Bonchev–Trinajstić information content (AvgIpc) is 2.78. The number of piperazine rings is 1. The van der Waals surface area contributed by atoms with E-state index in [0.717, 1.165) is 6.54 Å². The molecule has 2 fully saturated rings. The van der Waals surface area contributed by atoms with Crippen LogP contribution in [0.4, 0.5) is 0 Å². The van der Waals surface area contributed by atoms with Gasteiger partial charge in [0.15, 0.2) is 0 Å². The van der Waals surface area contributed by atoms with Gasteiger partial charge in [-0.1, -0.05) is 27.7 Å². The molecule has 1 aliphatic heterocycles. The highest BCUT2D eigenvalue weighted by Gasteiger charge is 2.69. The van der Waals surface area contributed by atoms with Crippen molar-refractivity contribution in [2.75, 3.05) is 33.7 Å². The van der Waals surface area contributed by atoms with Crippen LogP contribution in [0.5, 0.6) is 0 Å². The van der Waals surface area contributed by atoms with Crippen molar-refractivity contribution in [1.82, 2.24) is 15.1 Å². The maximum absolute atomic E-state index is 12.9.